The largest absolute Gasteiger partial charge is 0.301 e. The van der Waals surface area contributed by atoms with Crippen molar-refractivity contribution in [3.63, 3.8) is 0 Å². The van der Waals surface area contributed by atoms with Crippen LogP contribution in [0.15, 0.2) is 23.4 Å². The van der Waals surface area contributed by atoms with Gasteiger partial charge in [-0.1, -0.05) is 13.8 Å². The third-order valence-electron chi connectivity index (χ3n) is 4.09. The van der Waals surface area contributed by atoms with Gasteiger partial charge >= 0.3 is 0 Å². The molecule has 1 saturated heterocycles. The summed E-state index contributed by atoms with van der Waals surface area (Å²) in [5.41, 5.74) is 0. The summed E-state index contributed by atoms with van der Waals surface area (Å²) >= 11 is 0. The summed E-state index contributed by atoms with van der Waals surface area (Å²) in [6, 6.07) is 0.976. The van der Waals surface area contributed by atoms with Crippen molar-refractivity contribution in [1.29, 1.82) is 0 Å². The fraction of sp³-hybridized carbons (Fsp3) is 0.667. The predicted molar refractivity (Wildman–Crippen MR) is 87.1 cm³/mol. The van der Waals surface area contributed by atoms with Crippen LogP contribution in [0.5, 0.6) is 0 Å². The zero-order chi connectivity index (χ0) is 16.9. The molecule has 0 unspecified atom stereocenters. The normalized spacial score (nSPS) is 18.9. The number of nitrogens with zero attached hydrogens (tertiary/aromatic N) is 3. The maximum atomic E-state index is 13.1. The van der Waals surface area contributed by atoms with Gasteiger partial charge in [-0.2, -0.15) is 0 Å². The molecule has 1 aliphatic rings. The van der Waals surface area contributed by atoms with Crippen LogP contribution >= 0.6 is 0 Å². The van der Waals surface area contributed by atoms with E-state index in [0.29, 0.717) is 6.54 Å². The Morgan fingerprint density at radius 3 is 2.52 bits per heavy atom. The fourth-order valence-corrected chi connectivity index (χ4v) is 3.81. The maximum Gasteiger partial charge on any atom is 0.242 e. The third kappa shape index (κ3) is 5.49. The Hall–Kier alpha value is -1.09. The molecule has 0 amide bonds. The second kappa shape index (κ2) is 8.14. The van der Waals surface area contributed by atoms with Crippen molar-refractivity contribution < 1.29 is 12.8 Å². The molecule has 130 valence electrons. The third-order valence-corrected chi connectivity index (χ3v) is 5.48. The van der Waals surface area contributed by atoms with Gasteiger partial charge in [0.2, 0.25) is 10.0 Å². The summed E-state index contributed by atoms with van der Waals surface area (Å²) in [6.07, 6.45) is 2.14. The second-order valence-corrected chi connectivity index (χ2v) is 7.80. The lowest BCUT2D eigenvalue weighted by atomic mass is 10.1. The first-order valence-corrected chi connectivity index (χ1v) is 9.44. The minimum Gasteiger partial charge on any atom is -0.301 e. The molecular weight excluding hydrogens is 319 g/mol. The van der Waals surface area contributed by atoms with Crippen LogP contribution in [0, 0.1) is 11.7 Å². The molecule has 0 saturated carbocycles. The summed E-state index contributed by atoms with van der Waals surface area (Å²) in [5, 5.41) is 0. The summed E-state index contributed by atoms with van der Waals surface area (Å²) < 4.78 is 39.9. The van der Waals surface area contributed by atoms with Crippen LogP contribution < -0.4 is 4.72 Å². The number of aromatic nitrogens is 1. The average Bonchev–Trinajstić information content (AvgIpc) is 2.54. The van der Waals surface area contributed by atoms with E-state index in [1.54, 1.807) is 0 Å². The van der Waals surface area contributed by atoms with E-state index in [-0.39, 0.29) is 10.8 Å². The van der Waals surface area contributed by atoms with E-state index in [1.807, 2.05) is 6.92 Å². The van der Waals surface area contributed by atoms with Crippen molar-refractivity contribution in [3.05, 3.63) is 24.3 Å². The minimum absolute atomic E-state index is 0.138. The van der Waals surface area contributed by atoms with Gasteiger partial charge in [-0.25, -0.2) is 17.5 Å². The summed E-state index contributed by atoms with van der Waals surface area (Å²) in [4.78, 5) is 8.20. The molecule has 2 rings (SSSR count). The standard InChI is InChI=1S/C15H25FN4O2S/c1-3-19-4-6-20(7-5-19)12-13(2)9-18-23(21,22)15-8-14(16)10-17-11-15/h8,10-11,13,18H,3-7,9,12H2,1-2H3/t13-/m0/s1. The van der Waals surface area contributed by atoms with E-state index in [2.05, 4.69) is 26.4 Å². The average molecular weight is 344 g/mol. The van der Waals surface area contributed by atoms with Crippen molar-refractivity contribution in [1.82, 2.24) is 19.5 Å². The molecule has 0 spiro atoms. The van der Waals surface area contributed by atoms with Crippen LogP contribution in [0.1, 0.15) is 13.8 Å². The molecule has 1 fully saturated rings. The zero-order valence-corrected chi connectivity index (χ0v) is 14.5. The highest BCUT2D eigenvalue weighted by Gasteiger charge is 2.20. The van der Waals surface area contributed by atoms with E-state index in [9.17, 15) is 12.8 Å². The highest BCUT2D eigenvalue weighted by atomic mass is 32.2. The van der Waals surface area contributed by atoms with Gasteiger partial charge in [-0.05, 0) is 18.5 Å². The molecule has 0 aromatic carbocycles. The van der Waals surface area contributed by atoms with E-state index in [0.717, 1.165) is 57.7 Å². The molecule has 1 atom stereocenters. The molecular formula is C15H25FN4O2S. The molecule has 0 radical (unpaired) electrons. The summed E-state index contributed by atoms with van der Waals surface area (Å²) in [5.74, 6) is -0.478. The molecule has 23 heavy (non-hydrogen) atoms. The fourth-order valence-electron chi connectivity index (χ4n) is 2.67. The minimum atomic E-state index is -3.71. The van der Waals surface area contributed by atoms with Gasteiger partial charge in [0.05, 0.1) is 6.20 Å². The van der Waals surface area contributed by atoms with Crippen LogP contribution in [0.2, 0.25) is 0 Å². The van der Waals surface area contributed by atoms with Gasteiger partial charge in [-0.3, -0.25) is 4.98 Å². The first-order valence-electron chi connectivity index (χ1n) is 7.95. The van der Waals surface area contributed by atoms with Crippen LogP contribution in [-0.2, 0) is 10.0 Å². The van der Waals surface area contributed by atoms with Crippen molar-refractivity contribution in [2.75, 3.05) is 45.8 Å². The first-order chi connectivity index (χ1) is 10.9. The SMILES string of the molecule is CCN1CCN(C[C@@H](C)CNS(=O)(=O)c2cncc(F)c2)CC1. The Balaban J connectivity index is 1.81. The Morgan fingerprint density at radius 1 is 1.26 bits per heavy atom. The number of hydrogen-bond donors (Lipinski definition) is 1. The lowest BCUT2D eigenvalue weighted by Gasteiger charge is -2.35. The predicted octanol–water partition coefficient (Wildman–Crippen LogP) is 0.773. The number of piperazine rings is 1. The molecule has 2 heterocycles. The van der Waals surface area contributed by atoms with Crippen molar-refractivity contribution >= 4 is 10.0 Å². The van der Waals surface area contributed by atoms with Crippen molar-refractivity contribution in [2.45, 2.75) is 18.7 Å². The van der Waals surface area contributed by atoms with Gasteiger partial charge in [0.25, 0.3) is 0 Å². The number of pyridine rings is 1. The molecule has 8 heteroatoms. The van der Waals surface area contributed by atoms with Gasteiger partial charge in [0, 0.05) is 45.5 Å². The van der Waals surface area contributed by atoms with Gasteiger partial charge < -0.3 is 9.80 Å². The van der Waals surface area contributed by atoms with E-state index in [1.165, 1.54) is 0 Å². The lowest BCUT2D eigenvalue weighted by Crippen LogP contribution is -2.48. The monoisotopic (exact) mass is 344 g/mol. The first kappa shape index (κ1) is 18.3. The summed E-state index contributed by atoms with van der Waals surface area (Å²) in [6.45, 7) is 10.6. The maximum absolute atomic E-state index is 13.1. The van der Waals surface area contributed by atoms with E-state index >= 15 is 0 Å². The van der Waals surface area contributed by atoms with Crippen LogP contribution in [-0.4, -0.2) is 69.0 Å². The van der Waals surface area contributed by atoms with Crippen molar-refractivity contribution in [3.8, 4) is 0 Å². The van der Waals surface area contributed by atoms with E-state index in [4.69, 9.17) is 0 Å². The quantitative estimate of drug-likeness (QED) is 0.792. The van der Waals surface area contributed by atoms with Crippen LogP contribution in [0.3, 0.4) is 0 Å². The van der Waals surface area contributed by atoms with Gasteiger partial charge in [0.15, 0.2) is 0 Å². The Labute approximate surface area is 137 Å². The molecule has 0 aliphatic carbocycles. The Bertz CT molecular complexity index is 603. The number of sulfonamides is 1. The number of rotatable bonds is 7. The van der Waals surface area contributed by atoms with Gasteiger partial charge in [-0.15, -0.1) is 0 Å². The van der Waals surface area contributed by atoms with Gasteiger partial charge in [0.1, 0.15) is 10.7 Å². The van der Waals surface area contributed by atoms with Crippen LogP contribution in [0.4, 0.5) is 4.39 Å². The Morgan fingerprint density at radius 2 is 1.91 bits per heavy atom. The number of hydrogen-bond acceptors (Lipinski definition) is 5. The molecule has 0 bridgehead atoms. The van der Waals surface area contributed by atoms with Crippen molar-refractivity contribution in [2.24, 2.45) is 5.92 Å². The smallest absolute Gasteiger partial charge is 0.242 e. The molecule has 1 aromatic heterocycles. The number of halogens is 1. The summed E-state index contributed by atoms with van der Waals surface area (Å²) in [7, 11) is -3.71. The second-order valence-electron chi connectivity index (χ2n) is 6.03. The molecule has 6 nitrogen and oxygen atoms in total. The van der Waals surface area contributed by atoms with E-state index < -0.39 is 15.8 Å². The zero-order valence-electron chi connectivity index (χ0n) is 13.7. The topological polar surface area (TPSA) is 65.5 Å². The molecule has 1 aromatic rings. The Kier molecular flexibility index (Phi) is 6.46. The lowest BCUT2D eigenvalue weighted by molar-refractivity contribution is 0.125. The highest BCUT2D eigenvalue weighted by molar-refractivity contribution is 7.89. The number of nitrogens with one attached hydrogen (secondary N) is 1. The molecule has 1 N–H and O–H groups in total. The van der Waals surface area contributed by atoms with Crippen LogP contribution in [0.25, 0.3) is 0 Å². The molecule has 1 aliphatic heterocycles. The highest BCUT2D eigenvalue weighted by Crippen LogP contribution is 2.10. The number of likely N-dealkylation sites (N-methyl/N-ethyl adjacent to an activating group) is 1.